The standard InChI is InChI=1S/C21H32O5/c1-21(2)25-15-16(11-7-5-4-6-8-14-19(22)23)20(26-21)17-12-9-10-13-18(17)24-3/h9-10,12-13,16,20H,4-8,11,14-15H2,1-3H3,(H,22,23). The molecular formula is C21H32O5. The minimum atomic E-state index is -0.705. The molecule has 0 saturated carbocycles. The highest BCUT2D eigenvalue weighted by Gasteiger charge is 2.38. The monoisotopic (exact) mass is 364 g/mol. The number of aliphatic carboxylic acids is 1. The fraction of sp³-hybridized carbons (Fsp3) is 0.667. The molecule has 0 radical (unpaired) electrons. The molecule has 1 aliphatic rings. The van der Waals surface area contributed by atoms with Gasteiger partial charge in [-0.15, -0.1) is 0 Å². The number of carbonyl (C=O) groups is 1. The predicted molar refractivity (Wildman–Crippen MR) is 100 cm³/mol. The van der Waals surface area contributed by atoms with Gasteiger partial charge in [0.2, 0.25) is 0 Å². The number of carboxylic acids is 1. The third kappa shape index (κ3) is 6.29. The SMILES string of the molecule is COc1ccccc1C1OC(C)(C)OCC1CCCCCCCC(=O)O. The topological polar surface area (TPSA) is 65.0 Å². The van der Waals surface area contributed by atoms with Gasteiger partial charge in [-0.25, -0.2) is 0 Å². The van der Waals surface area contributed by atoms with Gasteiger partial charge in [0.25, 0.3) is 0 Å². The van der Waals surface area contributed by atoms with Crippen LogP contribution in [-0.2, 0) is 14.3 Å². The van der Waals surface area contributed by atoms with Crippen LogP contribution >= 0.6 is 0 Å². The Kier molecular flexibility index (Phi) is 7.91. The van der Waals surface area contributed by atoms with Gasteiger partial charge in [-0.2, -0.15) is 0 Å². The van der Waals surface area contributed by atoms with E-state index in [0.29, 0.717) is 12.5 Å². The largest absolute Gasteiger partial charge is 0.496 e. The molecule has 1 aliphatic heterocycles. The van der Waals surface area contributed by atoms with Crippen molar-refractivity contribution >= 4 is 5.97 Å². The zero-order chi connectivity index (χ0) is 19.0. The lowest BCUT2D eigenvalue weighted by Gasteiger charge is -2.41. The van der Waals surface area contributed by atoms with Crippen LogP contribution in [0.5, 0.6) is 5.75 Å². The highest BCUT2D eigenvalue weighted by atomic mass is 16.7. The summed E-state index contributed by atoms with van der Waals surface area (Å²) < 4.78 is 17.7. The van der Waals surface area contributed by atoms with Gasteiger partial charge >= 0.3 is 5.97 Å². The molecule has 1 fully saturated rings. The van der Waals surface area contributed by atoms with E-state index in [9.17, 15) is 4.79 Å². The van der Waals surface area contributed by atoms with E-state index < -0.39 is 11.8 Å². The second kappa shape index (κ2) is 9.93. The quantitative estimate of drug-likeness (QED) is 0.595. The lowest BCUT2D eigenvalue weighted by Crippen LogP contribution is -2.41. The predicted octanol–water partition coefficient (Wildman–Crippen LogP) is 4.95. The highest BCUT2D eigenvalue weighted by Crippen LogP contribution is 2.42. The van der Waals surface area contributed by atoms with Crippen molar-refractivity contribution in [3.63, 3.8) is 0 Å². The normalized spacial score (nSPS) is 22.1. The van der Waals surface area contributed by atoms with Crippen molar-refractivity contribution in [3.8, 4) is 5.75 Å². The van der Waals surface area contributed by atoms with Gasteiger partial charge in [-0.05, 0) is 32.8 Å². The number of para-hydroxylation sites is 1. The first kappa shape index (κ1) is 20.7. The van der Waals surface area contributed by atoms with Crippen LogP contribution in [-0.4, -0.2) is 30.6 Å². The summed E-state index contributed by atoms with van der Waals surface area (Å²) in [5.74, 6) is -0.158. The number of unbranched alkanes of at least 4 members (excludes halogenated alkanes) is 4. The van der Waals surface area contributed by atoms with Crippen LogP contribution in [0.25, 0.3) is 0 Å². The van der Waals surface area contributed by atoms with Gasteiger partial charge in [0, 0.05) is 17.9 Å². The fourth-order valence-corrected chi connectivity index (χ4v) is 3.50. The molecule has 26 heavy (non-hydrogen) atoms. The zero-order valence-corrected chi connectivity index (χ0v) is 16.2. The third-order valence-corrected chi connectivity index (χ3v) is 4.89. The third-order valence-electron chi connectivity index (χ3n) is 4.89. The minimum Gasteiger partial charge on any atom is -0.496 e. The van der Waals surface area contributed by atoms with E-state index >= 15 is 0 Å². The van der Waals surface area contributed by atoms with Gasteiger partial charge in [0.1, 0.15) is 5.75 Å². The van der Waals surface area contributed by atoms with Gasteiger partial charge in [-0.1, -0.05) is 43.9 Å². The summed E-state index contributed by atoms with van der Waals surface area (Å²) >= 11 is 0. The summed E-state index contributed by atoms with van der Waals surface area (Å²) in [5, 5.41) is 8.67. The summed E-state index contributed by atoms with van der Waals surface area (Å²) in [6.07, 6.45) is 6.28. The lowest BCUT2D eigenvalue weighted by molar-refractivity contribution is -0.296. The number of hydrogen-bond donors (Lipinski definition) is 1. The Hall–Kier alpha value is -1.59. The average molecular weight is 364 g/mol. The molecule has 1 saturated heterocycles. The second-order valence-electron chi connectivity index (χ2n) is 7.45. The van der Waals surface area contributed by atoms with Crippen LogP contribution in [0.4, 0.5) is 0 Å². The molecule has 0 bridgehead atoms. The maximum absolute atomic E-state index is 10.5. The zero-order valence-electron chi connectivity index (χ0n) is 16.2. The molecule has 0 aliphatic carbocycles. The second-order valence-corrected chi connectivity index (χ2v) is 7.45. The van der Waals surface area contributed by atoms with E-state index in [1.54, 1.807) is 7.11 Å². The van der Waals surface area contributed by atoms with Crippen molar-refractivity contribution < 1.29 is 24.1 Å². The van der Waals surface area contributed by atoms with Gasteiger partial charge < -0.3 is 19.3 Å². The Bertz CT molecular complexity index is 569. The van der Waals surface area contributed by atoms with E-state index in [4.69, 9.17) is 19.3 Å². The summed E-state index contributed by atoms with van der Waals surface area (Å²) in [7, 11) is 1.69. The molecule has 0 aromatic heterocycles. The summed E-state index contributed by atoms with van der Waals surface area (Å²) in [4.78, 5) is 10.5. The van der Waals surface area contributed by atoms with E-state index in [2.05, 4.69) is 6.07 Å². The van der Waals surface area contributed by atoms with Gasteiger partial charge in [0.05, 0.1) is 19.8 Å². The smallest absolute Gasteiger partial charge is 0.303 e. The van der Waals surface area contributed by atoms with Gasteiger partial charge in [0.15, 0.2) is 5.79 Å². The molecule has 5 heteroatoms. The van der Waals surface area contributed by atoms with Crippen LogP contribution in [0.1, 0.15) is 70.5 Å². The highest BCUT2D eigenvalue weighted by molar-refractivity contribution is 5.66. The number of rotatable bonds is 10. The van der Waals surface area contributed by atoms with Crippen molar-refractivity contribution in [2.45, 2.75) is 70.7 Å². The van der Waals surface area contributed by atoms with Crippen LogP contribution in [0, 0.1) is 5.92 Å². The maximum atomic E-state index is 10.5. The van der Waals surface area contributed by atoms with E-state index in [0.717, 1.165) is 49.8 Å². The molecule has 0 amide bonds. The molecule has 2 atom stereocenters. The Morgan fingerprint density at radius 3 is 2.62 bits per heavy atom. The number of methoxy groups -OCH3 is 1. The average Bonchev–Trinajstić information content (AvgIpc) is 2.61. The summed E-state index contributed by atoms with van der Waals surface area (Å²) in [5.41, 5.74) is 1.08. The van der Waals surface area contributed by atoms with Crippen molar-refractivity contribution in [1.29, 1.82) is 0 Å². The van der Waals surface area contributed by atoms with Crippen molar-refractivity contribution in [1.82, 2.24) is 0 Å². The molecule has 146 valence electrons. The molecule has 1 heterocycles. The Balaban J connectivity index is 1.90. The van der Waals surface area contributed by atoms with Crippen LogP contribution in [0.2, 0.25) is 0 Å². The van der Waals surface area contributed by atoms with E-state index in [1.165, 1.54) is 0 Å². The maximum Gasteiger partial charge on any atom is 0.303 e. The van der Waals surface area contributed by atoms with Gasteiger partial charge in [-0.3, -0.25) is 4.79 Å². The number of ether oxygens (including phenoxy) is 3. The minimum absolute atomic E-state index is 0.0399. The van der Waals surface area contributed by atoms with Crippen LogP contribution < -0.4 is 4.74 Å². The molecule has 1 N–H and O–H groups in total. The lowest BCUT2D eigenvalue weighted by atomic mass is 9.89. The molecule has 5 nitrogen and oxygen atoms in total. The number of carboxylic acid groups (broad SMARTS) is 1. The molecular weight excluding hydrogens is 332 g/mol. The van der Waals surface area contributed by atoms with E-state index in [-0.39, 0.29) is 12.5 Å². The first-order valence-electron chi connectivity index (χ1n) is 9.59. The fourth-order valence-electron chi connectivity index (χ4n) is 3.50. The molecule has 1 aromatic carbocycles. The molecule has 1 aromatic rings. The Morgan fingerprint density at radius 2 is 1.88 bits per heavy atom. The Morgan fingerprint density at radius 1 is 1.19 bits per heavy atom. The van der Waals surface area contributed by atoms with Crippen LogP contribution in [0.15, 0.2) is 24.3 Å². The number of hydrogen-bond acceptors (Lipinski definition) is 4. The summed E-state index contributed by atoms with van der Waals surface area (Å²) in [6.45, 7) is 4.58. The van der Waals surface area contributed by atoms with Crippen molar-refractivity contribution in [2.75, 3.05) is 13.7 Å². The molecule has 2 unspecified atom stereocenters. The van der Waals surface area contributed by atoms with Crippen molar-refractivity contribution in [2.24, 2.45) is 5.92 Å². The molecule has 0 spiro atoms. The number of benzene rings is 1. The Labute approximate surface area is 156 Å². The first-order chi connectivity index (χ1) is 12.4. The van der Waals surface area contributed by atoms with E-state index in [1.807, 2.05) is 32.0 Å². The first-order valence-corrected chi connectivity index (χ1v) is 9.59. The van der Waals surface area contributed by atoms with Crippen molar-refractivity contribution in [3.05, 3.63) is 29.8 Å². The summed E-state index contributed by atoms with van der Waals surface area (Å²) in [6, 6.07) is 8.03. The molecule has 2 rings (SSSR count). The van der Waals surface area contributed by atoms with Crippen LogP contribution in [0.3, 0.4) is 0 Å².